The standard InChI is InChI=1S/C14H12Cl3N/c1-18-14(9-4-2-5-10(15)8-9)11-6-3-7-12(16)13(11)17/h2-8,14,18H,1H3. The zero-order valence-corrected chi connectivity index (χ0v) is 12.0. The van der Waals surface area contributed by atoms with Crippen LogP contribution >= 0.6 is 34.8 Å². The summed E-state index contributed by atoms with van der Waals surface area (Å²) in [6.07, 6.45) is 0. The monoisotopic (exact) mass is 299 g/mol. The molecule has 0 saturated carbocycles. The van der Waals surface area contributed by atoms with Gasteiger partial charge in [0.25, 0.3) is 0 Å². The molecule has 1 nitrogen and oxygen atoms in total. The van der Waals surface area contributed by atoms with Crippen LogP contribution < -0.4 is 5.32 Å². The van der Waals surface area contributed by atoms with Gasteiger partial charge in [0.05, 0.1) is 16.1 Å². The normalized spacial score (nSPS) is 12.4. The Hall–Kier alpha value is -0.730. The number of hydrogen-bond donors (Lipinski definition) is 1. The summed E-state index contributed by atoms with van der Waals surface area (Å²) in [4.78, 5) is 0. The summed E-state index contributed by atoms with van der Waals surface area (Å²) >= 11 is 18.3. The highest BCUT2D eigenvalue weighted by Gasteiger charge is 2.16. The van der Waals surface area contributed by atoms with E-state index in [4.69, 9.17) is 34.8 Å². The predicted molar refractivity (Wildman–Crippen MR) is 78.8 cm³/mol. The number of hydrogen-bond acceptors (Lipinski definition) is 1. The molecule has 0 saturated heterocycles. The van der Waals surface area contributed by atoms with E-state index >= 15 is 0 Å². The Morgan fingerprint density at radius 3 is 2.39 bits per heavy atom. The van der Waals surface area contributed by atoms with Crippen LogP contribution in [0.5, 0.6) is 0 Å². The summed E-state index contributed by atoms with van der Waals surface area (Å²) in [5.41, 5.74) is 1.99. The van der Waals surface area contributed by atoms with Crippen molar-refractivity contribution in [1.29, 1.82) is 0 Å². The SMILES string of the molecule is CNC(c1cccc(Cl)c1)c1cccc(Cl)c1Cl. The van der Waals surface area contributed by atoms with Crippen molar-refractivity contribution in [1.82, 2.24) is 5.32 Å². The van der Waals surface area contributed by atoms with Crippen LogP contribution in [0.3, 0.4) is 0 Å². The van der Waals surface area contributed by atoms with Crippen molar-refractivity contribution < 1.29 is 0 Å². The van der Waals surface area contributed by atoms with Gasteiger partial charge >= 0.3 is 0 Å². The molecule has 4 heteroatoms. The number of rotatable bonds is 3. The molecule has 0 fully saturated rings. The predicted octanol–water partition coefficient (Wildman–Crippen LogP) is 4.96. The first-order valence-corrected chi connectivity index (χ1v) is 6.63. The van der Waals surface area contributed by atoms with Crippen LogP contribution in [-0.4, -0.2) is 7.05 Å². The highest BCUT2D eigenvalue weighted by atomic mass is 35.5. The lowest BCUT2D eigenvalue weighted by Crippen LogP contribution is -2.18. The highest BCUT2D eigenvalue weighted by molar-refractivity contribution is 6.42. The Morgan fingerprint density at radius 2 is 1.72 bits per heavy atom. The second-order valence-electron chi connectivity index (χ2n) is 3.92. The molecule has 0 aliphatic rings. The fourth-order valence-electron chi connectivity index (χ4n) is 1.93. The van der Waals surface area contributed by atoms with Gasteiger partial charge in [-0.25, -0.2) is 0 Å². The fourth-order valence-corrected chi connectivity index (χ4v) is 2.55. The minimum atomic E-state index is -0.0325. The molecule has 2 aromatic carbocycles. The third-order valence-electron chi connectivity index (χ3n) is 2.76. The zero-order valence-electron chi connectivity index (χ0n) is 9.75. The second kappa shape index (κ2) is 5.94. The summed E-state index contributed by atoms with van der Waals surface area (Å²) in [5, 5.41) is 5.05. The van der Waals surface area contributed by atoms with Gasteiger partial charge in [0.15, 0.2) is 0 Å². The summed E-state index contributed by atoms with van der Waals surface area (Å²) < 4.78 is 0. The summed E-state index contributed by atoms with van der Waals surface area (Å²) in [7, 11) is 1.88. The molecule has 0 aromatic heterocycles. The van der Waals surface area contributed by atoms with E-state index in [0.29, 0.717) is 15.1 Å². The van der Waals surface area contributed by atoms with Gasteiger partial charge in [-0.2, -0.15) is 0 Å². The molecule has 0 radical (unpaired) electrons. The van der Waals surface area contributed by atoms with E-state index < -0.39 is 0 Å². The van der Waals surface area contributed by atoms with Crippen molar-refractivity contribution in [2.75, 3.05) is 7.05 Å². The van der Waals surface area contributed by atoms with Crippen molar-refractivity contribution in [3.63, 3.8) is 0 Å². The first-order valence-electron chi connectivity index (χ1n) is 5.50. The van der Waals surface area contributed by atoms with E-state index in [1.165, 1.54) is 0 Å². The Bertz CT molecular complexity index is 554. The van der Waals surface area contributed by atoms with Gasteiger partial charge in [-0.15, -0.1) is 0 Å². The van der Waals surface area contributed by atoms with Gasteiger partial charge in [0.2, 0.25) is 0 Å². The van der Waals surface area contributed by atoms with Crippen LogP contribution in [-0.2, 0) is 0 Å². The van der Waals surface area contributed by atoms with E-state index in [1.807, 2.05) is 43.4 Å². The molecule has 0 aliphatic heterocycles. The van der Waals surface area contributed by atoms with Crippen LogP contribution in [0.15, 0.2) is 42.5 Å². The molecule has 0 amide bonds. The number of halogens is 3. The van der Waals surface area contributed by atoms with Crippen molar-refractivity contribution in [2.45, 2.75) is 6.04 Å². The summed E-state index contributed by atoms with van der Waals surface area (Å²) in [6, 6.07) is 13.3. The minimum Gasteiger partial charge on any atom is -0.309 e. The Morgan fingerprint density at radius 1 is 1.00 bits per heavy atom. The molecule has 0 spiro atoms. The molecule has 1 atom stereocenters. The maximum atomic E-state index is 6.25. The van der Waals surface area contributed by atoms with E-state index in [2.05, 4.69) is 5.32 Å². The Kier molecular flexibility index (Phi) is 4.52. The molecule has 0 heterocycles. The molecule has 2 rings (SSSR count). The third kappa shape index (κ3) is 2.81. The van der Waals surface area contributed by atoms with Gasteiger partial charge in [0, 0.05) is 5.02 Å². The fraction of sp³-hybridized carbons (Fsp3) is 0.143. The van der Waals surface area contributed by atoms with E-state index in [9.17, 15) is 0 Å². The highest BCUT2D eigenvalue weighted by Crippen LogP contribution is 2.33. The molecule has 0 aliphatic carbocycles. The maximum Gasteiger partial charge on any atom is 0.0643 e. The van der Waals surface area contributed by atoms with Gasteiger partial charge in [0.1, 0.15) is 0 Å². The Labute approximate surface area is 122 Å². The van der Waals surface area contributed by atoms with Crippen molar-refractivity contribution in [2.24, 2.45) is 0 Å². The zero-order chi connectivity index (χ0) is 13.1. The first-order chi connectivity index (χ1) is 8.63. The van der Waals surface area contributed by atoms with Crippen molar-refractivity contribution in [3.8, 4) is 0 Å². The molecule has 94 valence electrons. The molecular formula is C14H12Cl3N. The summed E-state index contributed by atoms with van der Waals surface area (Å²) in [5.74, 6) is 0. The van der Waals surface area contributed by atoms with Crippen LogP contribution in [0.25, 0.3) is 0 Å². The third-order valence-corrected chi connectivity index (χ3v) is 3.83. The largest absolute Gasteiger partial charge is 0.309 e. The van der Waals surface area contributed by atoms with Crippen molar-refractivity contribution >= 4 is 34.8 Å². The molecule has 0 bridgehead atoms. The Balaban J connectivity index is 2.49. The van der Waals surface area contributed by atoms with Crippen molar-refractivity contribution in [3.05, 3.63) is 68.7 Å². The van der Waals surface area contributed by atoms with E-state index in [0.717, 1.165) is 11.1 Å². The quantitative estimate of drug-likeness (QED) is 0.845. The van der Waals surface area contributed by atoms with Crippen LogP contribution in [0.4, 0.5) is 0 Å². The average molecular weight is 301 g/mol. The lowest BCUT2D eigenvalue weighted by Gasteiger charge is -2.19. The smallest absolute Gasteiger partial charge is 0.0643 e. The summed E-state index contributed by atoms with van der Waals surface area (Å²) in [6.45, 7) is 0. The number of benzene rings is 2. The van der Waals surface area contributed by atoms with Gasteiger partial charge < -0.3 is 5.32 Å². The molecule has 1 unspecified atom stereocenters. The van der Waals surface area contributed by atoms with Gasteiger partial charge in [-0.05, 0) is 36.4 Å². The maximum absolute atomic E-state index is 6.25. The lowest BCUT2D eigenvalue weighted by atomic mass is 9.99. The van der Waals surface area contributed by atoms with Crippen LogP contribution in [0.1, 0.15) is 17.2 Å². The molecular weight excluding hydrogens is 289 g/mol. The van der Waals surface area contributed by atoms with Crippen LogP contribution in [0.2, 0.25) is 15.1 Å². The molecule has 1 N–H and O–H groups in total. The molecule has 2 aromatic rings. The molecule has 18 heavy (non-hydrogen) atoms. The topological polar surface area (TPSA) is 12.0 Å². The first kappa shape index (κ1) is 13.7. The van der Waals surface area contributed by atoms with Crippen LogP contribution in [0, 0.1) is 0 Å². The second-order valence-corrected chi connectivity index (χ2v) is 5.14. The van der Waals surface area contributed by atoms with E-state index in [1.54, 1.807) is 6.07 Å². The van der Waals surface area contributed by atoms with E-state index in [-0.39, 0.29) is 6.04 Å². The average Bonchev–Trinajstić information content (AvgIpc) is 2.35. The van der Waals surface area contributed by atoms with Gasteiger partial charge in [-0.1, -0.05) is 59.1 Å². The number of nitrogens with one attached hydrogen (secondary N) is 1. The lowest BCUT2D eigenvalue weighted by molar-refractivity contribution is 0.692. The minimum absolute atomic E-state index is 0.0325. The van der Waals surface area contributed by atoms with Gasteiger partial charge in [-0.3, -0.25) is 0 Å².